The molecular formula is C23H23NO5S. The number of aliphatic hydroxyl groups excluding tert-OH is 1. The number of hydrogen-bond donors (Lipinski definition) is 2. The summed E-state index contributed by atoms with van der Waals surface area (Å²) in [4.78, 5) is 17.6. The Morgan fingerprint density at radius 2 is 1.90 bits per heavy atom. The van der Waals surface area contributed by atoms with Crippen LogP contribution >= 0.6 is 11.8 Å². The van der Waals surface area contributed by atoms with Crippen molar-refractivity contribution < 1.29 is 24.5 Å². The van der Waals surface area contributed by atoms with Crippen molar-refractivity contribution in [3.05, 3.63) is 69.8 Å². The van der Waals surface area contributed by atoms with Gasteiger partial charge in [0.05, 0.1) is 24.3 Å². The molecule has 0 aliphatic carbocycles. The highest BCUT2D eigenvalue weighted by Crippen LogP contribution is 2.42. The van der Waals surface area contributed by atoms with Crippen molar-refractivity contribution in [2.45, 2.75) is 20.3 Å². The zero-order valence-corrected chi connectivity index (χ0v) is 17.8. The Hall–Kier alpha value is -3.19. The van der Waals surface area contributed by atoms with E-state index in [-0.39, 0.29) is 23.7 Å². The number of carbonyl (C=O) groups excluding carboxylic acids is 1. The van der Waals surface area contributed by atoms with E-state index in [0.717, 1.165) is 29.4 Å². The number of para-hydroxylation sites is 2. The van der Waals surface area contributed by atoms with E-state index in [1.54, 1.807) is 31.2 Å². The fourth-order valence-corrected chi connectivity index (χ4v) is 4.00. The lowest BCUT2D eigenvalue weighted by Gasteiger charge is -2.06. The standard InChI is InChI=1S/C23H23NO5S/c1-4-14-9-6-7-11-16(14)24-22-19(23(27)29-5-2)21(26)18(30-22)13-15-10-8-12-17(28-3)20(15)25/h6-13,25-26H,4-5H2,1-3H3/b18-13+,24-22?. The highest BCUT2D eigenvalue weighted by Gasteiger charge is 2.33. The number of aliphatic imine (C=N–C) groups is 1. The molecule has 0 aromatic heterocycles. The zero-order valence-electron chi connectivity index (χ0n) is 17.0. The maximum Gasteiger partial charge on any atom is 0.344 e. The first kappa shape index (κ1) is 21.5. The number of thioether (sulfide) groups is 1. The summed E-state index contributed by atoms with van der Waals surface area (Å²) < 4.78 is 10.3. The van der Waals surface area contributed by atoms with E-state index in [9.17, 15) is 15.0 Å². The summed E-state index contributed by atoms with van der Waals surface area (Å²) in [5.41, 5.74) is 2.21. The number of esters is 1. The number of benzene rings is 2. The van der Waals surface area contributed by atoms with Gasteiger partial charge in [0.25, 0.3) is 0 Å². The highest BCUT2D eigenvalue weighted by atomic mass is 32.2. The molecule has 0 radical (unpaired) electrons. The minimum absolute atomic E-state index is 0.0152. The summed E-state index contributed by atoms with van der Waals surface area (Å²) in [5.74, 6) is -0.616. The lowest BCUT2D eigenvalue weighted by atomic mass is 10.1. The van der Waals surface area contributed by atoms with Gasteiger partial charge in [-0.2, -0.15) is 0 Å². The lowest BCUT2D eigenvalue weighted by molar-refractivity contribution is -0.138. The molecule has 0 unspecified atom stereocenters. The Labute approximate surface area is 179 Å². The average molecular weight is 426 g/mol. The van der Waals surface area contributed by atoms with Crippen molar-refractivity contribution in [3.63, 3.8) is 0 Å². The lowest BCUT2D eigenvalue weighted by Crippen LogP contribution is -2.13. The van der Waals surface area contributed by atoms with E-state index in [0.29, 0.717) is 21.3 Å². The third-order valence-corrected chi connectivity index (χ3v) is 5.52. The fraction of sp³-hybridized carbons (Fsp3) is 0.217. The van der Waals surface area contributed by atoms with Crippen LogP contribution < -0.4 is 4.74 Å². The Morgan fingerprint density at radius 3 is 2.60 bits per heavy atom. The molecule has 7 heteroatoms. The van der Waals surface area contributed by atoms with Gasteiger partial charge >= 0.3 is 5.97 Å². The van der Waals surface area contributed by atoms with E-state index in [1.807, 2.05) is 31.2 Å². The number of hydrogen-bond acceptors (Lipinski definition) is 7. The van der Waals surface area contributed by atoms with Crippen LogP contribution in [0.2, 0.25) is 0 Å². The van der Waals surface area contributed by atoms with Crippen LogP contribution in [0.15, 0.2) is 63.7 Å². The number of aromatic hydroxyl groups is 1. The highest BCUT2D eigenvalue weighted by molar-refractivity contribution is 8.18. The SMILES string of the molecule is CCOC(=O)C1=C(O)/C(=C\c2cccc(OC)c2O)SC1=Nc1ccccc1CC. The molecule has 3 rings (SSSR count). The van der Waals surface area contributed by atoms with Gasteiger partial charge in [0, 0.05) is 5.56 Å². The predicted octanol–water partition coefficient (Wildman–Crippen LogP) is 5.16. The van der Waals surface area contributed by atoms with Crippen molar-refractivity contribution in [1.82, 2.24) is 0 Å². The summed E-state index contributed by atoms with van der Waals surface area (Å²) in [6.07, 6.45) is 2.37. The van der Waals surface area contributed by atoms with Crippen molar-refractivity contribution in [3.8, 4) is 11.5 Å². The van der Waals surface area contributed by atoms with Crippen LogP contribution in [-0.2, 0) is 16.0 Å². The zero-order chi connectivity index (χ0) is 21.7. The topological polar surface area (TPSA) is 88.4 Å². The van der Waals surface area contributed by atoms with Crippen LogP contribution in [0.3, 0.4) is 0 Å². The molecule has 1 aliphatic rings. The number of aryl methyl sites for hydroxylation is 1. The molecule has 0 saturated carbocycles. The number of phenolic OH excluding ortho intramolecular Hbond substituents is 1. The third-order valence-electron chi connectivity index (χ3n) is 4.50. The number of aliphatic hydroxyl groups is 1. The molecule has 156 valence electrons. The molecule has 1 aliphatic heterocycles. The molecule has 0 atom stereocenters. The molecule has 0 saturated heterocycles. The second-order valence-corrected chi connectivity index (χ2v) is 7.38. The summed E-state index contributed by atoms with van der Waals surface area (Å²) >= 11 is 1.15. The number of phenols is 1. The van der Waals surface area contributed by atoms with Gasteiger partial charge in [-0.15, -0.1) is 0 Å². The molecule has 0 bridgehead atoms. The maximum atomic E-state index is 12.5. The molecule has 6 nitrogen and oxygen atoms in total. The van der Waals surface area contributed by atoms with Gasteiger partial charge < -0.3 is 19.7 Å². The minimum atomic E-state index is -0.645. The molecule has 0 amide bonds. The molecular weight excluding hydrogens is 402 g/mol. The van der Waals surface area contributed by atoms with Crippen molar-refractivity contribution >= 4 is 34.5 Å². The average Bonchev–Trinajstić information content (AvgIpc) is 3.05. The molecule has 2 N–H and O–H groups in total. The Morgan fingerprint density at radius 1 is 1.13 bits per heavy atom. The van der Waals surface area contributed by atoms with E-state index in [2.05, 4.69) is 4.99 Å². The van der Waals surface area contributed by atoms with Gasteiger partial charge in [-0.3, -0.25) is 0 Å². The van der Waals surface area contributed by atoms with Gasteiger partial charge in [0.15, 0.2) is 11.5 Å². The van der Waals surface area contributed by atoms with Gasteiger partial charge in [-0.05, 0) is 37.1 Å². The molecule has 0 spiro atoms. The Kier molecular flexibility index (Phi) is 6.84. The van der Waals surface area contributed by atoms with Crippen molar-refractivity contribution in [2.75, 3.05) is 13.7 Å². The van der Waals surface area contributed by atoms with Crippen LogP contribution in [0.5, 0.6) is 11.5 Å². The molecule has 1 heterocycles. The van der Waals surface area contributed by atoms with Gasteiger partial charge in [-0.1, -0.05) is 49.0 Å². The Balaban J connectivity index is 2.10. The van der Waals surface area contributed by atoms with Crippen molar-refractivity contribution in [2.24, 2.45) is 4.99 Å². The third kappa shape index (κ3) is 4.36. The summed E-state index contributed by atoms with van der Waals surface area (Å²) in [6.45, 7) is 3.90. The van der Waals surface area contributed by atoms with Crippen LogP contribution in [0.1, 0.15) is 25.0 Å². The van der Waals surface area contributed by atoms with E-state index < -0.39 is 5.97 Å². The second kappa shape index (κ2) is 9.54. The van der Waals surface area contributed by atoms with E-state index >= 15 is 0 Å². The van der Waals surface area contributed by atoms with E-state index in [4.69, 9.17) is 9.47 Å². The van der Waals surface area contributed by atoms with Crippen LogP contribution in [-0.4, -0.2) is 34.9 Å². The normalized spacial score (nSPS) is 16.4. The molecule has 2 aromatic rings. The number of rotatable bonds is 6. The smallest absolute Gasteiger partial charge is 0.344 e. The number of nitrogens with zero attached hydrogens (tertiary/aromatic N) is 1. The first-order valence-electron chi connectivity index (χ1n) is 9.53. The quantitative estimate of drug-likeness (QED) is 0.622. The first-order valence-corrected chi connectivity index (χ1v) is 10.3. The Bertz CT molecular complexity index is 1060. The number of methoxy groups -OCH3 is 1. The van der Waals surface area contributed by atoms with Gasteiger partial charge in [0.1, 0.15) is 16.4 Å². The second-order valence-electron chi connectivity index (χ2n) is 6.35. The van der Waals surface area contributed by atoms with Crippen LogP contribution in [0.25, 0.3) is 6.08 Å². The predicted molar refractivity (Wildman–Crippen MR) is 119 cm³/mol. The number of ether oxygens (including phenoxy) is 2. The van der Waals surface area contributed by atoms with E-state index in [1.165, 1.54) is 7.11 Å². The van der Waals surface area contributed by atoms with Crippen LogP contribution in [0, 0.1) is 0 Å². The molecule has 30 heavy (non-hydrogen) atoms. The maximum absolute atomic E-state index is 12.5. The monoisotopic (exact) mass is 425 g/mol. The fourth-order valence-electron chi connectivity index (χ4n) is 2.98. The summed E-state index contributed by atoms with van der Waals surface area (Å²) in [5, 5.41) is 21.5. The summed E-state index contributed by atoms with van der Waals surface area (Å²) in [6, 6.07) is 12.7. The van der Waals surface area contributed by atoms with Crippen molar-refractivity contribution in [1.29, 1.82) is 0 Å². The summed E-state index contributed by atoms with van der Waals surface area (Å²) in [7, 11) is 1.46. The minimum Gasteiger partial charge on any atom is -0.506 e. The number of carbonyl (C=O) groups is 1. The molecule has 0 fully saturated rings. The molecule has 2 aromatic carbocycles. The van der Waals surface area contributed by atoms with Crippen LogP contribution in [0.4, 0.5) is 5.69 Å². The van der Waals surface area contributed by atoms with Gasteiger partial charge in [-0.25, -0.2) is 9.79 Å². The largest absolute Gasteiger partial charge is 0.506 e. The first-order chi connectivity index (χ1) is 14.5. The van der Waals surface area contributed by atoms with Gasteiger partial charge in [0.2, 0.25) is 0 Å².